The maximum absolute atomic E-state index is 14.0. The SMILES string of the molecule is COC(=O)[C@]1(c2ccccc2)OP2(N(C)C)(O[C@]1(C(=O)OC)c1ccccc1)N(C)CCN2C. The minimum absolute atomic E-state index is 0.424. The van der Waals surface area contributed by atoms with Crippen molar-refractivity contribution in [3.8, 4) is 0 Å². The molecule has 0 aromatic heterocycles. The number of rotatable bonds is 5. The van der Waals surface area contributed by atoms with Crippen molar-refractivity contribution in [1.82, 2.24) is 14.0 Å². The minimum atomic E-state index is -4.22. The molecule has 1 spiro atoms. The molecule has 0 aliphatic carbocycles. The summed E-state index contributed by atoms with van der Waals surface area (Å²) in [5, 5.41) is 0. The third kappa shape index (κ3) is 2.77. The molecule has 2 atom stereocenters. The quantitative estimate of drug-likeness (QED) is 0.465. The number of carbonyl (C=O) groups excluding carboxylic acids is 2. The Labute approximate surface area is 200 Å². The molecule has 9 nitrogen and oxygen atoms in total. The van der Waals surface area contributed by atoms with Gasteiger partial charge in [-0.2, -0.15) is 0 Å². The van der Waals surface area contributed by atoms with Crippen molar-refractivity contribution < 1.29 is 28.1 Å². The van der Waals surface area contributed by atoms with E-state index in [1.54, 1.807) is 48.5 Å². The summed E-state index contributed by atoms with van der Waals surface area (Å²) in [4.78, 5) is 28.0. The van der Waals surface area contributed by atoms with Crippen molar-refractivity contribution in [2.45, 2.75) is 11.2 Å². The van der Waals surface area contributed by atoms with Gasteiger partial charge >= 0.3 is 200 Å². The van der Waals surface area contributed by atoms with Crippen LogP contribution in [-0.4, -0.2) is 81.4 Å². The molecular weight excluding hydrogens is 457 g/mol. The van der Waals surface area contributed by atoms with Gasteiger partial charge in [0.2, 0.25) is 0 Å². The Kier molecular flexibility index (Phi) is 6.09. The van der Waals surface area contributed by atoms with Crippen LogP contribution < -0.4 is 0 Å². The predicted molar refractivity (Wildman–Crippen MR) is 128 cm³/mol. The Balaban J connectivity index is 2.23. The van der Waals surface area contributed by atoms with E-state index in [0.29, 0.717) is 24.2 Å². The Hall–Kier alpha value is -2.39. The van der Waals surface area contributed by atoms with Crippen LogP contribution in [0.25, 0.3) is 0 Å². The van der Waals surface area contributed by atoms with Gasteiger partial charge in [-0.1, -0.05) is 0 Å². The monoisotopic (exact) mass is 489 g/mol. The number of likely N-dealkylation sites (N-methyl/N-ethyl adjacent to an activating group) is 2. The molecule has 184 valence electrons. The summed E-state index contributed by atoms with van der Waals surface area (Å²) in [5.41, 5.74) is -3.17. The van der Waals surface area contributed by atoms with E-state index in [9.17, 15) is 9.59 Å². The Morgan fingerprint density at radius 3 is 1.44 bits per heavy atom. The van der Waals surface area contributed by atoms with Gasteiger partial charge in [0.1, 0.15) is 0 Å². The van der Waals surface area contributed by atoms with Crippen LogP contribution in [0.5, 0.6) is 0 Å². The van der Waals surface area contributed by atoms with E-state index in [2.05, 4.69) is 0 Å². The molecule has 2 aromatic carbocycles. The molecule has 0 N–H and O–H groups in total. The summed E-state index contributed by atoms with van der Waals surface area (Å²) in [5.74, 6) is -1.52. The number of benzene rings is 2. The van der Waals surface area contributed by atoms with Crippen LogP contribution in [-0.2, 0) is 39.3 Å². The zero-order chi connectivity index (χ0) is 24.8. The van der Waals surface area contributed by atoms with Crippen molar-refractivity contribution >= 4 is 19.4 Å². The third-order valence-electron chi connectivity index (χ3n) is 7.00. The van der Waals surface area contributed by atoms with Gasteiger partial charge in [-0.3, -0.25) is 0 Å². The van der Waals surface area contributed by atoms with E-state index in [-0.39, 0.29) is 0 Å². The molecule has 2 fully saturated rings. The van der Waals surface area contributed by atoms with Crippen molar-refractivity contribution in [3.63, 3.8) is 0 Å². The normalized spacial score (nSPS) is 29.6. The van der Waals surface area contributed by atoms with Crippen molar-refractivity contribution in [2.24, 2.45) is 0 Å². The first-order valence-corrected chi connectivity index (χ1v) is 12.9. The first-order chi connectivity index (χ1) is 16.2. The number of carbonyl (C=O) groups is 2. The molecule has 0 radical (unpaired) electrons. The summed E-state index contributed by atoms with van der Waals surface area (Å²) in [7, 11) is 5.77. The van der Waals surface area contributed by atoms with Gasteiger partial charge in [-0.25, -0.2) is 0 Å². The molecule has 10 heteroatoms. The fourth-order valence-electron chi connectivity index (χ4n) is 5.31. The van der Waals surface area contributed by atoms with Crippen LogP contribution in [0.1, 0.15) is 11.1 Å². The van der Waals surface area contributed by atoms with Crippen molar-refractivity contribution in [1.29, 1.82) is 0 Å². The van der Waals surface area contributed by atoms with Gasteiger partial charge in [0, 0.05) is 0 Å². The molecule has 2 saturated heterocycles. The molecule has 2 aliphatic heterocycles. The molecule has 2 heterocycles. The molecule has 2 aromatic rings. The van der Waals surface area contributed by atoms with Crippen LogP contribution >= 0.6 is 7.51 Å². The average Bonchev–Trinajstić information content (AvgIpc) is 3.32. The molecular formula is C24H32N3O6P. The second kappa shape index (κ2) is 8.37. The molecule has 0 bridgehead atoms. The number of hydrogen-bond acceptors (Lipinski definition) is 9. The summed E-state index contributed by atoms with van der Waals surface area (Å²) in [6.07, 6.45) is 0. The number of hydrogen-bond donors (Lipinski definition) is 0. The molecule has 0 unspecified atom stereocenters. The van der Waals surface area contributed by atoms with Gasteiger partial charge in [-0.05, 0) is 0 Å². The van der Waals surface area contributed by atoms with Gasteiger partial charge in [0.25, 0.3) is 0 Å². The van der Waals surface area contributed by atoms with Crippen LogP contribution in [0, 0.1) is 0 Å². The molecule has 0 amide bonds. The maximum atomic E-state index is 14.0. The number of ether oxygens (including phenoxy) is 2. The van der Waals surface area contributed by atoms with Gasteiger partial charge in [0.05, 0.1) is 0 Å². The topological polar surface area (TPSA) is 80.8 Å². The fraction of sp³-hybridized carbons (Fsp3) is 0.417. The number of nitrogens with zero attached hydrogens (tertiary/aromatic N) is 3. The summed E-state index contributed by atoms with van der Waals surface area (Å²) < 4.78 is 30.8. The van der Waals surface area contributed by atoms with Crippen molar-refractivity contribution in [2.75, 3.05) is 55.5 Å². The standard InChI is InChI=1S/C24H32N3O6P/c1-25(2)34(26(3)17-18-27(34)4)32-23(21(28)30-5,19-13-9-7-10-14-19)24(33-34,22(29)31-6)20-15-11-8-12-16-20/h7-16H,17-18H2,1-6H3/t23-,24-/m0/s1. The number of esters is 2. The zero-order valence-electron chi connectivity index (χ0n) is 20.4. The molecule has 2 aliphatic rings. The summed E-state index contributed by atoms with van der Waals surface area (Å²) >= 11 is 0. The first kappa shape index (κ1) is 24.7. The van der Waals surface area contributed by atoms with E-state index < -0.39 is 30.7 Å². The van der Waals surface area contributed by atoms with Gasteiger partial charge in [0.15, 0.2) is 0 Å². The van der Waals surface area contributed by atoms with Crippen LogP contribution in [0.4, 0.5) is 0 Å². The van der Waals surface area contributed by atoms with Crippen LogP contribution in [0.3, 0.4) is 0 Å². The molecule has 4 rings (SSSR count). The summed E-state index contributed by atoms with van der Waals surface area (Å²) in [6.45, 7) is 1.20. The van der Waals surface area contributed by atoms with E-state index in [4.69, 9.17) is 18.5 Å². The molecule has 0 saturated carbocycles. The predicted octanol–water partition coefficient (Wildman–Crippen LogP) is 2.74. The van der Waals surface area contributed by atoms with Crippen molar-refractivity contribution in [3.05, 3.63) is 71.8 Å². The third-order valence-corrected chi connectivity index (χ3v) is 12.3. The molecule has 34 heavy (non-hydrogen) atoms. The van der Waals surface area contributed by atoms with E-state index in [1.807, 2.05) is 54.3 Å². The van der Waals surface area contributed by atoms with Crippen LogP contribution in [0.15, 0.2) is 60.7 Å². The van der Waals surface area contributed by atoms with E-state index >= 15 is 0 Å². The Morgan fingerprint density at radius 1 is 0.794 bits per heavy atom. The number of methoxy groups -OCH3 is 2. The van der Waals surface area contributed by atoms with E-state index in [1.165, 1.54) is 14.2 Å². The fourth-order valence-corrected chi connectivity index (χ4v) is 10.4. The zero-order valence-corrected chi connectivity index (χ0v) is 21.3. The second-order valence-corrected chi connectivity index (χ2v) is 12.9. The van der Waals surface area contributed by atoms with Gasteiger partial charge in [-0.15, -0.1) is 0 Å². The summed E-state index contributed by atoms with van der Waals surface area (Å²) in [6, 6.07) is 17.8. The average molecular weight is 490 g/mol. The van der Waals surface area contributed by atoms with Gasteiger partial charge < -0.3 is 0 Å². The second-order valence-electron chi connectivity index (χ2n) is 8.70. The first-order valence-electron chi connectivity index (χ1n) is 11.0. The Bertz CT molecular complexity index is 1000. The Morgan fingerprint density at radius 2 is 1.15 bits per heavy atom. The van der Waals surface area contributed by atoms with E-state index in [0.717, 1.165) is 0 Å². The van der Waals surface area contributed by atoms with Crippen LogP contribution in [0.2, 0.25) is 0 Å².